The predicted octanol–water partition coefficient (Wildman–Crippen LogP) is 2.76. The van der Waals surface area contributed by atoms with Crippen molar-refractivity contribution < 1.29 is 14.3 Å². The van der Waals surface area contributed by atoms with Gasteiger partial charge in [-0.3, -0.25) is 14.3 Å². The molecule has 0 bridgehead atoms. The molecule has 8 nitrogen and oxygen atoms in total. The van der Waals surface area contributed by atoms with E-state index in [0.717, 1.165) is 56.3 Å². The number of aromatic nitrogens is 3. The van der Waals surface area contributed by atoms with Crippen molar-refractivity contribution in [3.8, 4) is 17.2 Å². The maximum Gasteiger partial charge on any atom is 0.233 e. The number of methoxy groups -OCH3 is 2. The highest BCUT2D eigenvalue weighted by atomic mass is 32.2. The number of benzene rings is 2. The van der Waals surface area contributed by atoms with E-state index >= 15 is 0 Å². The number of rotatable bonds is 9. The van der Waals surface area contributed by atoms with Gasteiger partial charge in [0.1, 0.15) is 17.8 Å². The molecule has 2 heterocycles. The third kappa shape index (κ3) is 6.06. The molecule has 1 aromatic heterocycles. The third-order valence-corrected chi connectivity index (χ3v) is 6.72. The smallest absolute Gasteiger partial charge is 0.233 e. The van der Waals surface area contributed by atoms with E-state index in [0.29, 0.717) is 10.9 Å². The van der Waals surface area contributed by atoms with Gasteiger partial charge in [-0.1, -0.05) is 23.9 Å². The minimum absolute atomic E-state index is 0.138. The van der Waals surface area contributed by atoms with E-state index in [-0.39, 0.29) is 5.91 Å². The zero-order valence-corrected chi connectivity index (χ0v) is 19.8. The van der Waals surface area contributed by atoms with Gasteiger partial charge >= 0.3 is 0 Å². The molecular formula is C24H29N5O3S. The largest absolute Gasteiger partial charge is 0.497 e. The molecule has 4 rings (SSSR count). The topological polar surface area (TPSA) is 72.7 Å². The molecule has 9 heteroatoms. The van der Waals surface area contributed by atoms with Crippen LogP contribution in [-0.4, -0.2) is 83.2 Å². The molecule has 0 aliphatic carbocycles. The van der Waals surface area contributed by atoms with E-state index in [2.05, 4.69) is 27.2 Å². The van der Waals surface area contributed by atoms with Crippen molar-refractivity contribution in [2.24, 2.45) is 0 Å². The molecule has 0 spiro atoms. The molecule has 1 saturated heterocycles. The maximum atomic E-state index is 12.8. The molecule has 1 amide bonds. The lowest BCUT2D eigenvalue weighted by molar-refractivity contribution is -0.130. The van der Waals surface area contributed by atoms with Crippen LogP contribution in [0.15, 0.2) is 60.0 Å². The number of carbonyl (C=O) groups excluding carboxylic acids is 1. The van der Waals surface area contributed by atoms with Crippen LogP contribution in [0.4, 0.5) is 0 Å². The van der Waals surface area contributed by atoms with Crippen LogP contribution >= 0.6 is 11.8 Å². The Morgan fingerprint density at radius 1 is 0.939 bits per heavy atom. The van der Waals surface area contributed by atoms with Crippen molar-refractivity contribution in [3.05, 3.63) is 60.4 Å². The Hall–Kier alpha value is -3.04. The molecular weight excluding hydrogens is 438 g/mol. The zero-order valence-electron chi connectivity index (χ0n) is 19.0. The fourth-order valence-electron chi connectivity index (χ4n) is 3.76. The van der Waals surface area contributed by atoms with Gasteiger partial charge < -0.3 is 14.4 Å². The molecule has 174 valence electrons. The number of thioether (sulfide) groups is 1. The summed E-state index contributed by atoms with van der Waals surface area (Å²) in [6.45, 7) is 4.30. The van der Waals surface area contributed by atoms with E-state index in [1.165, 1.54) is 17.3 Å². The molecule has 33 heavy (non-hydrogen) atoms. The Morgan fingerprint density at radius 3 is 2.21 bits per heavy atom. The molecule has 1 aliphatic rings. The molecule has 0 atom stereocenters. The summed E-state index contributed by atoms with van der Waals surface area (Å²) in [4.78, 5) is 17.1. The van der Waals surface area contributed by atoms with Crippen LogP contribution in [0.5, 0.6) is 11.5 Å². The van der Waals surface area contributed by atoms with E-state index in [4.69, 9.17) is 9.47 Å². The first kappa shape index (κ1) is 23.1. The molecule has 0 N–H and O–H groups in total. The minimum atomic E-state index is 0.138. The van der Waals surface area contributed by atoms with E-state index in [1.807, 2.05) is 45.9 Å². The Labute approximate surface area is 198 Å². The van der Waals surface area contributed by atoms with Gasteiger partial charge in [-0.15, -0.1) is 10.2 Å². The summed E-state index contributed by atoms with van der Waals surface area (Å²) in [6.07, 6.45) is 2.66. The van der Waals surface area contributed by atoms with E-state index in [9.17, 15) is 4.79 Å². The van der Waals surface area contributed by atoms with Crippen LogP contribution in [0.3, 0.4) is 0 Å². The number of nitrogens with zero attached hydrogens (tertiary/aromatic N) is 5. The molecule has 1 fully saturated rings. The van der Waals surface area contributed by atoms with Gasteiger partial charge in [-0.05, 0) is 48.4 Å². The Balaban J connectivity index is 1.22. The Bertz CT molecular complexity index is 1030. The number of carbonyl (C=O) groups is 1. The first-order chi connectivity index (χ1) is 16.2. The summed E-state index contributed by atoms with van der Waals surface area (Å²) < 4.78 is 12.3. The van der Waals surface area contributed by atoms with Crippen molar-refractivity contribution in [2.45, 2.75) is 11.6 Å². The quantitative estimate of drug-likeness (QED) is 0.448. The lowest BCUT2D eigenvalue weighted by Crippen LogP contribution is -2.49. The summed E-state index contributed by atoms with van der Waals surface area (Å²) in [5.74, 6) is 2.16. The maximum absolute atomic E-state index is 12.8. The highest BCUT2D eigenvalue weighted by molar-refractivity contribution is 7.99. The monoisotopic (exact) mass is 467 g/mol. The van der Waals surface area contributed by atoms with Gasteiger partial charge in [0.15, 0.2) is 5.16 Å². The van der Waals surface area contributed by atoms with Gasteiger partial charge in [0.25, 0.3) is 0 Å². The average molecular weight is 468 g/mol. The third-order valence-electron chi connectivity index (χ3n) is 5.79. The highest BCUT2D eigenvalue weighted by Gasteiger charge is 2.21. The number of hydrogen-bond donors (Lipinski definition) is 0. The average Bonchev–Trinajstić information content (AvgIpc) is 3.35. The first-order valence-corrected chi connectivity index (χ1v) is 11.9. The minimum Gasteiger partial charge on any atom is -0.497 e. The first-order valence-electron chi connectivity index (χ1n) is 11.0. The summed E-state index contributed by atoms with van der Waals surface area (Å²) in [6, 6.07) is 15.9. The van der Waals surface area contributed by atoms with Crippen LogP contribution in [0.1, 0.15) is 5.56 Å². The van der Waals surface area contributed by atoms with Gasteiger partial charge in [0.05, 0.1) is 20.0 Å². The normalized spacial score (nSPS) is 14.3. The van der Waals surface area contributed by atoms with Crippen molar-refractivity contribution in [1.29, 1.82) is 0 Å². The van der Waals surface area contributed by atoms with Gasteiger partial charge in [-0.2, -0.15) is 0 Å². The number of ether oxygens (including phenoxy) is 2. The second-order valence-electron chi connectivity index (χ2n) is 7.79. The molecule has 0 saturated carbocycles. The van der Waals surface area contributed by atoms with Crippen LogP contribution in [0.2, 0.25) is 0 Å². The second kappa shape index (κ2) is 11.2. The van der Waals surface area contributed by atoms with Crippen molar-refractivity contribution in [1.82, 2.24) is 24.6 Å². The summed E-state index contributed by atoms with van der Waals surface area (Å²) >= 11 is 1.41. The van der Waals surface area contributed by atoms with Crippen molar-refractivity contribution in [2.75, 3.05) is 52.7 Å². The van der Waals surface area contributed by atoms with Gasteiger partial charge in [-0.25, -0.2) is 0 Å². The lowest BCUT2D eigenvalue weighted by atomic mass is 10.1. The number of piperazine rings is 1. The Kier molecular flexibility index (Phi) is 7.85. The SMILES string of the molecule is COc1ccc(CCN2CCN(C(=O)CSc3nncn3-c3ccc(OC)cc3)CC2)cc1. The Morgan fingerprint density at radius 2 is 1.58 bits per heavy atom. The zero-order chi connectivity index (χ0) is 23.0. The van der Waals surface area contributed by atoms with Crippen LogP contribution in [0, 0.1) is 0 Å². The van der Waals surface area contributed by atoms with Crippen molar-refractivity contribution >= 4 is 17.7 Å². The standard InChI is InChI=1S/C24H29N5O3S/c1-31-21-7-3-19(4-8-21)11-12-27-13-15-28(16-14-27)23(30)17-33-24-26-25-18-29(24)20-5-9-22(32-2)10-6-20/h3-10,18H,11-17H2,1-2H3. The molecule has 1 aliphatic heterocycles. The number of hydrogen-bond acceptors (Lipinski definition) is 7. The van der Waals surface area contributed by atoms with Gasteiger partial charge in [0, 0.05) is 38.4 Å². The predicted molar refractivity (Wildman–Crippen MR) is 128 cm³/mol. The van der Waals surface area contributed by atoms with Crippen LogP contribution in [-0.2, 0) is 11.2 Å². The summed E-state index contributed by atoms with van der Waals surface area (Å²) in [5.41, 5.74) is 2.23. The van der Waals surface area contributed by atoms with Crippen molar-refractivity contribution in [3.63, 3.8) is 0 Å². The molecule has 3 aromatic rings. The highest BCUT2D eigenvalue weighted by Crippen LogP contribution is 2.22. The number of amides is 1. The van der Waals surface area contributed by atoms with Gasteiger partial charge in [0.2, 0.25) is 5.91 Å². The fraction of sp³-hybridized carbons (Fsp3) is 0.375. The fourth-order valence-corrected chi connectivity index (χ4v) is 4.59. The summed E-state index contributed by atoms with van der Waals surface area (Å²) in [5, 5.41) is 8.91. The molecule has 2 aromatic carbocycles. The lowest BCUT2D eigenvalue weighted by Gasteiger charge is -2.34. The molecule has 0 unspecified atom stereocenters. The van der Waals surface area contributed by atoms with Crippen LogP contribution in [0.25, 0.3) is 5.69 Å². The second-order valence-corrected chi connectivity index (χ2v) is 8.73. The van der Waals surface area contributed by atoms with E-state index in [1.54, 1.807) is 20.5 Å². The van der Waals surface area contributed by atoms with E-state index < -0.39 is 0 Å². The summed E-state index contributed by atoms with van der Waals surface area (Å²) in [7, 11) is 3.32. The molecule has 0 radical (unpaired) electrons. The van der Waals surface area contributed by atoms with Crippen LogP contribution < -0.4 is 9.47 Å².